The van der Waals surface area contributed by atoms with Gasteiger partial charge in [0.05, 0.1) is 0 Å². The molecule has 0 spiro atoms. The van der Waals surface area contributed by atoms with Gasteiger partial charge in [-0.25, -0.2) is 0 Å². The Labute approximate surface area is 69.8 Å². The monoisotopic (exact) mass is 169 g/mol. The van der Waals surface area contributed by atoms with Gasteiger partial charge in [0.25, 0.3) is 0 Å². The third kappa shape index (κ3) is 1.19. The van der Waals surface area contributed by atoms with E-state index in [0.29, 0.717) is 6.42 Å². The number of aliphatic hydroxyl groups excluding tert-OH is 1. The van der Waals surface area contributed by atoms with Crippen LogP contribution < -0.4 is 5.32 Å². The van der Waals surface area contributed by atoms with Crippen LogP contribution in [0.1, 0.15) is 5.56 Å². The van der Waals surface area contributed by atoms with Crippen LogP contribution in [0.25, 0.3) is 0 Å². The Hall–Kier alpha value is -0.730. The van der Waals surface area contributed by atoms with E-state index in [2.05, 4.69) is 5.32 Å². The van der Waals surface area contributed by atoms with Crippen molar-refractivity contribution in [3.63, 3.8) is 0 Å². The van der Waals surface area contributed by atoms with Crippen molar-refractivity contribution < 1.29 is 5.11 Å². The highest BCUT2D eigenvalue weighted by molar-refractivity contribution is 6.30. The minimum Gasteiger partial charge on any atom is -0.373 e. The average molecular weight is 170 g/mol. The summed E-state index contributed by atoms with van der Waals surface area (Å²) < 4.78 is 0. The van der Waals surface area contributed by atoms with Gasteiger partial charge in [-0.15, -0.1) is 0 Å². The molecule has 0 aromatic heterocycles. The summed E-state index contributed by atoms with van der Waals surface area (Å²) in [6.07, 6.45) is 0.207. The molecule has 0 radical (unpaired) electrons. The lowest BCUT2D eigenvalue weighted by Gasteiger charge is -2.00. The Morgan fingerprint density at radius 1 is 1.55 bits per heavy atom. The molecule has 1 heterocycles. The van der Waals surface area contributed by atoms with Crippen molar-refractivity contribution in [1.29, 1.82) is 0 Å². The molecule has 1 aromatic rings. The van der Waals surface area contributed by atoms with E-state index in [1.165, 1.54) is 0 Å². The van der Waals surface area contributed by atoms with Crippen LogP contribution in [-0.4, -0.2) is 11.3 Å². The van der Waals surface area contributed by atoms with Crippen LogP contribution in [0.4, 0.5) is 5.69 Å². The molecular weight excluding hydrogens is 162 g/mol. The summed E-state index contributed by atoms with van der Waals surface area (Å²) in [6.45, 7) is 0. The van der Waals surface area contributed by atoms with Crippen LogP contribution in [0, 0.1) is 0 Å². The molecule has 58 valence electrons. The predicted octanol–water partition coefficient (Wildman–Crippen LogP) is 1.63. The molecule has 2 rings (SSSR count). The molecule has 1 aliphatic heterocycles. The van der Waals surface area contributed by atoms with Crippen LogP contribution in [-0.2, 0) is 6.42 Å². The number of rotatable bonds is 0. The first-order chi connectivity index (χ1) is 5.25. The van der Waals surface area contributed by atoms with Crippen LogP contribution >= 0.6 is 11.6 Å². The Kier molecular flexibility index (Phi) is 1.51. The van der Waals surface area contributed by atoms with Gasteiger partial charge in [0, 0.05) is 17.1 Å². The molecule has 2 nitrogen and oxygen atoms in total. The summed E-state index contributed by atoms with van der Waals surface area (Å²) in [5.41, 5.74) is 2.08. The van der Waals surface area contributed by atoms with Crippen molar-refractivity contribution in [2.75, 3.05) is 5.32 Å². The molecule has 0 bridgehead atoms. The molecule has 0 saturated heterocycles. The zero-order valence-electron chi connectivity index (χ0n) is 5.84. The Morgan fingerprint density at radius 2 is 2.36 bits per heavy atom. The maximum absolute atomic E-state index is 9.19. The first-order valence-electron chi connectivity index (χ1n) is 3.49. The molecule has 0 aliphatic carbocycles. The standard InChI is InChI=1S/C8H8ClNO/c9-6-1-2-7-5(3-6)4-8(11)10-7/h1-3,8,10-11H,4H2. The predicted molar refractivity (Wildman–Crippen MR) is 44.8 cm³/mol. The quantitative estimate of drug-likeness (QED) is 0.619. The molecule has 1 atom stereocenters. The van der Waals surface area contributed by atoms with E-state index in [9.17, 15) is 5.11 Å². The normalized spacial score (nSPS) is 21.1. The van der Waals surface area contributed by atoms with Crippen LogP contribution in [0.15, 0.2) is 18.2 Å². The van der Waals surface area contributed by atoms with Crippen LogP contribution in [0.5, 0.6) is 0 Å². The summed E-state index contributed by atoms with van der Waals surface area (Å²) in [4.78, 5) is 0. The van der Waals surface area contributed by atoms with E-state index in [0.717, 1.165) is 16.3 Å². The average Bonchev–Trinajstić information content (AvgIpc) is 2.27. The van der Waals surface area contributed by atoms with E-state index in [4.69, 9.17) is 11.6 Å². The molecule has 3 heteroatoms. The lowest BCUT2D eigenvalue weighted by molar-refractivity contribution is 0.212. The van der Waals surface area contributed by atoms with Crippen molar-refractivity contribution in [1.82, 2.24) is 0 Å². The zero-order chi connectivity index (χ0) is 7.84. The highest BCUT2D eigenvalue weighted by Gasteiger charge is 2.17. The number of hydrogen-bond donors (Lipinski definition) is 2. The van der Waals surface area contributed by atoms with Gasteiger partial charge in [0.2, 0.25) is 0 Å². The van der Waals surface area contributed by atoms with Gasteiger partial charge in [-0.1, -0.05) is 11.6 Å². The minimum atomic E-state index is -0.441. The Morgan fingerprint density at radius 3 is 3.18 bits per heavy atom. The fraction of sp³-hybridized carbons (Fsp3) is 0.250. The van der Waals surface area contributed by atoms with Crippen molar-refractivity contribution in [3.05, 3.63) is 28.8 Å². The van der Waals surface area contributed by atoms with Gasteiger partial charge in [0.15, 0.2) is 0 Å². The second-order valence-corrected chi connectivity index (χ2v) is 3.10. The Balaban J connectivity index is 2.43. The van der Waals surface area contributed by atoms with Crippen molar-refractivity contribution in [2.45, 2.75) is 12.6 Å². The van der Waals surface area contributed by atoms with Crippen LogP contribution in [0.3, 0.4) is 0 Å². The second-order valence-electron chi connectivity index (χ2n) is 2.67. The number of nitrogens with one attached hydrogen (secondary N) is 1. The molecule has 1 aromatic carbocycles. The highest BCUT2D eigenvalue weighted by atomic mass is 35.5. The largest absolute Gasteiger partial charge is 0.373 e. The SMILES string of the molecule is OC1Cc2cc(Cl)ccc2N1. The van der Waals surface area contributed by atoms with Gasteiger partial charge >= 0.3 is 0 Å². The molecule has 1 unspecified atom stereocenters. The van der Waals surface area contributed by atoms with Gasteiger partial charge in [0.1, 0.15) is 6.23 Å². The van der Waals surface area contributed by atoms with E-state index < -0.39 is 6.23 Å². The molecule has 2 N–H and O–H groups in total. The Bertz CT molecular complexity index is 287. The third-order valence-electron chi connectivity index (χ3n) is 1.80. The number of anilines is 1. The zero-order valence-corrected chi connectivity index (χ0v) is 6.60. The molecule has 1 aliphatic rings. The van der Waals surface area contributed by atoms with Crippen LogP contribution in [0.2, 0.25) is 5.02 Å². The molecule has 11 heavy (non-hydrogen) atoms. The summed E-state index contributed by atoms with van der Waals surface area (Å²) in [5, 5.41) is 12.8. The smallest absolute Gasteiger partial charge is 0.128 e. The molecule has 0 amide bonds. The lowest BCUT2D eigenvalue weighted by Crippen LogP contribution is -2.12. The number of aliphatic hydroxyl groups is 1. The highest BCUT2D eigenvalue weighted by Crippen LogP contribution is 2.27. The van der Waals surface area contributed by atoms with E-state index in [-0.39, 0.29) is 0 Å². The number of benzene rings is 1. The van der Waals surface area contributed by atoms with E-state index in [1.807, 2.05) is 18.2 Å². The fourth-order valence-electron chi connectivity index (χ4n) is 1.31. The van der Waals surface area contributed by atoms with Gasteiger partial charge < -0.3 is 10.4 Å². The minimum absolute atomic E-state index is 0.441. The third-order valence-corrected chi connectivity index (χ3v) is 2.04. The summed E-state index contributed by atoms with van der Waals surface area (Å²) in [7, 11) is 0. The first-order valence-corrected chi connectivity index (χ1v) is 3.86. The maximum atomic E-state index is 9.19. The van der Waals surface area contributed by atoms with Crippen molar-refractivity contribution >= 4 is 17.3 Å². The van der Waals surface area contributed by atoms with Gasteiger partial charge in [-0.3, -0.25) is 0 Å². The maximum Gasteiger partial charge on any atom is 0.128 e. The summed E-state index contributed by atoms with van der Waals surface area (Å²) >= 11 is 5.76. The second kappa shape index (κ2) is 2.40. The fourth-order valence-corrected chi connectivity index (χ4v) is 1.51. The number of halogens is 1. The number of fused-ring (bicyclic) bond motifs is 1. The van der Waals surface area contributed by atoms with Crippen molar-refractivity contribution in [3.8, 4) is 0 Å². The van der Waals surface area contributed by atoms with Gasteiger partial charge in [-0.2, -0.15) is 0 Å². The topological polar surface area (TPSA) is 32.3 Å². The summed E-state index contributed by atoms with van der Waals surface area (Å²) in [6, 6.07) is 5.57. The van der Waals surface area contributed by atoms with Crippen molar-refractivity contribution in [2.24, 2.45) is 0 Å². The van der Waals surface area contributed by atoms with E-state index >= 15 is 0 Å². The lowest BCUT2D eigenvalue weighted by atomic mass is 10.2. The molecule has 0 saturated carbocycles. The van der Waals surface area contributed by atoms with E-state index in [1.54, 1.807) is 0 Å². The molecule has 0 fully saturated rings. The van der Waals surface area contributed by atoms with Gasteiger partial charge in [-0.05, 0) is 23.8 Å². The first kappa shape index (κ1) is 6.95. The molecular formula is C8H8ClNO. The number of hydrogen-bond acceptors (Lipinski definition) is 2. The summed E-state index contributed by atoms with van der Waals surface area (Å²) in [5.74, 6) is 0.